The van der Waals surface area contributed by atoms with Crippen LogP contribution in [0, 0.1) is 12.3 Å². The molecule has 1 heterocycles. The van der Waals surface area contributed by atoms with Crippen molar-refractivity contribution in [2.45, 2.75) is 14.4 Å². The fourth-order valence-electron chi connectivity index (χ4n) is 0.531. The topological polar surface area (TPSA) is 42.2 Å². The van der Waals surface area contributed by atoms with Crippen LogP contribution in [0.3, 0.4) is 0 Å². The number of nitrogens with one attached hydrogen (secondary N) is 1. The van der Waals surface area contributed by atoms with Gasteiger partial charge in [0.2, 0.25) is 0 Å². The van der Waals surface area contributed by atoms with Gasteiger partial charge in [0.15, 0.2) is 5.76 Å². The van der Waals surface area contributed by atoms with Crippen molar-refractivity contribution in [3.05, 3.63) is 24.2 Å². The molecule has 0 aliphatic heterocycles. The summed E-state index contributed by atoms with van der Waals surface area (Å²) in [5.74, 6) is 2.40. The van der Waals surface area contributed by atoms with Crippen LogP contribution in [0.25, 0.3) is 0 Å². The van der Waals surface area contributed by atoms with Crippen molar-refractivity contribution in [1.82, 2.24) is 5.32 Å². The van der Waals surface area contributed by atoms with Gasteiger partial charge in [-0.15, -0.1) is 12.3 Å². The Balaban J connectivity index is 0. The molecule has 0 aromatic carbocycles. The minimum Gasteiger partial charge on any atom is -0.459 e. The Hall–Kier alpha value is -1.69. The number of hydrogen-bond acceptors (Lipinski definition) is 2. The van der Waals surface area contributed by atoms with Crippen LogP contribution in [-0.4, -0.2) is 13.0 Å². The van der Waals surface area contributed by atoms with Gasteiger partial charge in [-0.1, -0.05) is 7.43 Å². The lowest BCUT2D eigenvalue weighted by Gasteiger charge is -1.90. The average molecular weight is 181 g/mol. The van der Waals surface area contributed by atoms with E-state index < -0.39 is 0 Å². The number of amides is 1. The summed E-state index contributed by atoms with van der Waals surface area (Å²) in [6.07, 6.45) is 6.06. The van der Waals surface area contributed by atoms with Crippen LogP contribution in [0.15, 0.2) is 22.8 Å². The quantitative estimate of drug-likeness (QED) is 0.672. The van der Waals surface area contributed by atoms with Gasteiger partial charge in [-0.2, -0.15) is 0 Å². The van der Waals surface area contributed by atoms with E-state index in [2.05, 4.69) is 17.7 Å². The molecule has 0 fully saturated rings. The highest BCUT2D eigenvalue weighted by Crippen LogP contribution is 1.97. The molecule has 72 valence electrons. The predicted molar refractivity (Wildman–Crippen MR) is 53.3 cm³/mol. The Morgan fingerprint density at radius 3 is 2.54 bits per heavy atom. The summed E-state index contributed by atoms with van der Waals surface area (Å²) in [5, 5.41) is 2.43. The van der Waals surface area contributed by atoms with Gasteiger partial charge < -0.3 is 9.73 Å². The normalized spacial score (nSPS) is 6.85. The van der Waals surface area contributed by atoms with Gasteiger partial charge in [0.1, 0.15) is 0 Å². The summed E-state index contributed by atoms with van der Waals surface area (Å²) < 4.78 is 4.77. The zero-order valence-corrected chi connectivity index (χ0v) is 7.13. The average Bonchev–Trinajstić information content (AvgIpc) is 2.56. The summed E-state index contributed by atoms with van der Waals surface area (Å²) in [7, 11) is 1.56. The smallest absolute Gasteiger partial charge is 0.286 e. The lowest BCUT2D eigenvalue weighted by molar-refractivity contribution is 0.0935. The molecule has 1 aromatic heterocycles. The van der Waals surface area contributed by atoms with Gasteiger partial charge in [-0.25, -0.2) is 0 Å². The molecule has 0 saturated carbocycles. The zero-order valence-electron chi connectivity index (χ0n) is 7.13. The first-order chi connectivity index (χ1) is 5.76. The van der Waals surface area contributed by atoms with E-state index in [0.29, 0.717) is 5.76 Å². The van der Waals surface area contributed by atoms with E-state index in [4.69, 9.17) is 4.42 Å². The lowest BCUT2D eigenvalue weighted by atomic mass is 10.4. The van der Waals surface area contributed by atoms with Gasteiger partial charge in [0.05, 0.1) is 6.26 Å². The van der Waals surface area contributed by atoms with E-state index in [-0.39, 0.29) is 13.3 Å². The first-order valence-corrected chi connectivity index (χ1v) is 3.39. The molecular formula is C10H15NO2. The monoisotopic (exact) mass is 181 g/mol. The second kappa shape index (κ2) is 8.41. The van der Waals surface area contributed by atoms with Crippen LogP contribution in [-0.2, 0) is 0 Å². The van der Waals surface area contributed by atoms with E-state index in [1.54, 1.807) is 26.1 Å². The van der Waals surface area contributed by atoms with Crippen molar-refractivity contribution in [3.63, 3.8) is 0 Å². The maximum atomic E-state index is 10.7. The number of rotatable bonds is 1. The maximum absolute atomic E-state index is 10.7. The Labute approximate surface area is 79.1 Å². The molecule has 1 N–H and O–H groups in total. The molecule has 0 aliphatic rings. The number of terminal acetylenes is 1. The van der Waals surface area contributed by atoms with Crippen LogP contribution in [0.5, 0.6) is 0 Å². The van der Waals surface area contributed by atoms with Crippen molar-refractivity contribution in [2.75, 3.05) is 7.05 Å². The molecule has 0 radical (unpaired) electrons. The molecule has 0 unspecified atom stereocenters. The highest BCUT2D eigenvalue weighted by atomic mass is 16.3. The largest absolute Gasteiger partial charge is 0.459 e. The Kier molecular flexibility index (Phi) is 8.97. The molecule has 0 saturated heterocycles. The third-order valence-corrected chi connectivity index (χ3v) is 0.972. The summed E-state index contributed by atoms with van der Waals surface area (Å²) in [6.45, 7) is 1.65. The van der Waals surface area contributed by atoms with E-state index >= 15 is 0 Å². The fourth-order valence-corrected chi connectivity index (χ4v) is 0.531. The summed E-state index contributed by atoms with van der Waals surface area (Å²) in [4.78, 5) is 10.7. The summed E-state index contributed by atoms with van der Waals surface area (Å²) in [6, 6.07) is 3.28. The van der Waals surface area contributed by atoms with Crippen molar-refractivity contribution in [3.8, 4) is 12.3 Å². The van der Waals surface area contributed by atoms with Crippen molar-refractivity contribution in [2.24, 2.45) is 0 Å². The van der Waals surface area contributed by atoms with Gasteiger partial charge in [0.25, 0.3) is 5.91 Å². The lowest BCUT2D eigenvalue weighted by Crippen LogP contribution is -2.16. The standard InChI is InChI=1S/C6H7NO2.C3H4.CH4/c1-7-6(8)5-3-2-4-9-5;1-3-2;/h2-4H,1H3,(H,7,8);1H,2H3;1H4. The second-order valence-electron chi connectivity index (χ2n) is 1.85. The molecule has 0 spiro atoms. The minimum atomic E-state index is -0.194. The molecule has 0 aliphatic carbocycles. The molecule has 0 atom stereocenters. The maximum Gasteiger partial charge on any atom is 0.286 e. The van der Waals surface area contributed by atoms with Crippen LogP contribution in [0.4, 0.5) is 0 Å². The van der Waals surface area contributed by atoms with E-state index in [0.717, 1.165) is 0 Å². The number of hydrogen-bond donors (Lipinski definition) is 1. The Morgan fingerprint density at radius 2 is 2.23 bits per heavy atom. The third kappa shape index (κ3) is 5.57. The zero-order chi connectivity index (χ0) is 9.40. The fraction of sp³-hybridized carbons (Fsp3) is 0.300. The highest BCUT2D eigenvalue weighted by Gasteiger charge is 2.02. The first kappa shape index (κ1) is 13.9. The molecule has 1 amide bonds. The van der Waals surface area contributed by atoms with Crippen LogP contribution < -0.4 is 5.32 Å². The molecule has 1 aromatic rings. The van der Waals surface area contributed by atoms with Gasteiger partial charge in [-0.05, 0) is 19.1 Å². The van der Waals surface area contributed by atoms with Gasteiger partial charge in [-0.3, -0.25) is 4.79 Å². The molecular weight excluding hydrogens is 166 g/mol. The molecule has 3 heteroatoms. The molecule has 13 heavy (non-hydrogen) atoms. The second-order valence-corrected chi connectivity index (χ2v) is 1.85. The van der Waals surface area contributed by atoms with Crippen molar-refractivity contribution >= 4 is 5.91 Å². The SMILES string of the molecule is C.C#CC.CNC(=O)c1ccco1. The van der Waals surface area contributed by atoms with Crippen LogP contribution in [0.1, 0.15) is 24.9 Å². The highest BCUT2D eigenvalue weighted by molar-refractivity contribution is 5.91. The van der Waals surface area contributed by atoms with Crippen molar-refractivity contribution in [1.29, 1.82) is 0 Å². The van der Waals surface area contributed by atoms with E-state index in [1.807, 2.05) is 0 Å². The molecule has 0 bridgehead atoms. The van der Waals surface area contributed by atoms with Crippen LogP contribution in [0.2, 0.25) is 0 Å². The van der Waals surface area contributed by atoms with Gasteiger partial charge in [0, 0.05) is 7.05 Å². The third-order valence-electron chi connectivity index (χ3n) is 0.972. The number of carbonyl (C=O) groups excluding carboxylic acids is 1. The minimum absolute atomic E-state index is 0. The molecule has 3 nitrogen and oxygen atoms in total. The summed E-state index contributed by atoms with van der Waals surface area (Å²) >= 11 is 0. The number of carbonyl (C=O) groups is 1. The van der Waals surface area contributed by atoms with Crippen molar-refractivity contribution < 1.29 is 9.21 Å². The Bertz CT molecular complexity index is 257. The first-order valence-electron chi connectivity index (χ1n) is 3.39. The van der Waals surface area contributed by atoms with Gasteiger partial charge >= 0.3 is 0 Å². The Morgan fingerprint density at radius 1 is 1.69 bits per heavy atom. The summed E-state index contributed by atoms with van der Waals surface area (Å²) in [5.41, 5.74) is 0. The number of furan rings is 1. The van der Waals surface area contributed by atoms with E-state index in [9.17, 15) is 4.79 Å². The molecule has 1 rings (SSSR count). The van der Waals surface area contributed by atoms with E-state index in [1.165, 1.54) is 6.26 Å². The predicted octanol–water partition coefficient (Wildman–Crippen LogP) is 1.91. The van der Waals surface area contributed by atoms with Crippen LogP contribution >= 0.6 is 0 Å².